The molecule has 3 heterocycles. The first-order valence-corrected chi connectivity index (χ1v) is 9.64. The third-order valence-electron chi connectivity index (χ3n) is 5.41. The number of rotatable bonds is 2. The highest BCUT2D eigenvalue weighted by atomic mass is 32.1. The van der Waals surface area contributed by atoms with Gasteiger partial charge in [-0.1, -0.05) is 12.8 Å². The van der Waals surface area contributed by atoms with Crippen LogP contribution in [0.15, 0.2) is 24.5 Å². The molecule has 1 aliphatic heterocycles. The second-order valence-corrected chi connectivity index (χ2v) is 8.02. The molecule has 1 saturated carbocycles. The molecule has 1 aliphatic carbocycles. The van der Waals surface area contributed by atoms with E-state index >= 15 is 0 Å². The van der Waals surface area contributed by atoms with Crippen molar-refractivity contribution in [1.82, 2.24) is 9.47 Å². The monoisotopic (exact) mass is 344 g/mol. The summed E-state index contributed by atoms with van der Waals surface area (Å²) in [7, 11) is 0. The summed E-state index contributed by atoms with van der Waals surface area (Å²) in [6.07, 6.45) is 8.83. The van der Waals surface area contributed by atoms with E-state index < -0.39 is 0 Å². The van der Waals surface area contributed by atoms with Crippen LogP contribution in [0, 0.1) is 13.8 Å². The molecule has 2 atom stereocenters. The fraction of sp³-hybridized carbons (Fsp3) is 0.526. The maximum Gasteiger partial charge on any atom is 0.257 e. The molecule has 2 fully saturated rings. The van der Waals surface area contributed by atoms with Gasteiger partial charge in [-0.15, -0.1) is 11.3 Å². The largest absolute Gasteiger partial charge is 0.374 e. The lowest BCUT2D eigenvalue weighted by atomic mass is 9.89. The third-order valence-corrected chi connectivity index (χ3v) is 6.63. The Bertz CT molecular complexity index is 733. The van der Waals surface area contributed by atoms with E-state index in [4.69, 9.17) is 4.74 Å². The van der Waals surface area contributed by atoms with Gasteiger partial charge in [0.15, 0.2) is 0 Å². The predicted molar refractivity (Wildman–Crippen MR) is 96.2 cm³/mol. The molecule has 2 aromatic heterocycles. The van der Waals surface area contributed by atoms with Crippen molar-refractivity contribution in [3.63, 3.8) is 0 Å². The second-order valence-electron chi connectivity index (χ2n) is 6.81. The van der Waals surface area contributed by atoms with Gasteiger partial charge >= 0.3 is 0 Å². The van der Waals surface area contributed by atoms with Gasteiger partial charge < -0.3 is 14.2 Å². The molecule has 128 valence electrons. The van der Waals surface area contributed by atoms with Gasteiger partial charge in [0.05, 0.1) is 24.3 Å². The first kappa shape index (κ1) is 15.9. The van der Waals surface area contributed by atoms with Gasteiger partial charge in [0.2, 0.25) is 0 Å². The number of carbonyl (C=O) groups is 1. The molecule has 5 heteroatoms. The number of hydrogen-bond donors (Lipinski definition) is 0. The molecule has 0 aromatic carbocycles. The van der Waals surface area contributed by atoms with Crippen LogP contribution in [0.1, 0.15) is 46.5 Å². The van der Waals surface area contributed by atoms with E-state index in [9.17, 15) is 4.79 Å². The Hall–Kier alpha value is -1.59. The van der Waals surface area contributed by atoms with Crippen LogP contribution in [0.4, 0.5) is 0 Å². The molecule has 0 radical (unpaired) electrons. The van der Waals surface area contributed by atoms with Gasteiger partial charge in [-0.05, 0) is 44.4 Å². The first-order chi connectivity index (χ1) is 11.7. The molecule has 1 amide bonds. The summed E-state index contributed by atoms with van der Waals surface area (Å²) >= 11 is 1.70. The van der Waals surface area contributed by atoms with Crippen LogP contribution in [0.25, 0.3) is 5.00 Å². The van der Waals surface area contributed by atoms with Gasteiger partial charge in [-0.2, -0.15) is 0 Å². The highest BCUT2D eigenvalue weighted by Gasteiger charge is 2.38. The average molecular weight is 344 g/mol. The van der Waals surface area contributed by atoms with Gasteiger partial charge in [0.25, 0.3) is 5.91 Å². The lowest BCUT2D eigenvalue weighted by molar-refractivity contribution is -0.0752. The summed E-state index contributed by atoms with van der Waals surface area (Å²) in [6, 6.07) is 4.26. The molecule has 2 aromatic rings. The summed E-state index contributed by atoms with van der Waals surface area (Å²) < 4.78 is 8.01. The number of carbonyl (C=O) groups excluding carboxylic acids is 1. The van der Waals surface area contributed by atoms with Gasteiger partial charge in [-0.3, -0.25) is 4.79 Å². The topological polar surface area (TPSA) is 34.5 Å². The van der Waals surface area contributed by atoms with E-state index in [-0.39, 0.29) is 18.1 Å². The highest BCUT2D eigenvalue weighted by Crippen LogP contribution is 2.35. The van der Waals surface area contributed by atoms with E-state index in [2.05, 4.69) is 23.3 Å². The molecule has 2 unspecified atom stereocenters. The quantitative estimate of drug-likeness (QED) is 0.827. The Labute approximate surface area is 147 Å². The molecule has 0 spiro atoms. The van der Waals surface area contributed by atoms with Crippen LogP contribution in [-0.2, 0) is 4.74 Å². The van der Waals surface area contributed by atoms with Crippen molar-refractivity contribution in [1.29, 1.82) is 0 Å². The van der Waals surface area contributed by atoms with Crippen molar-refractivity contribution in [3.8, 4) is 5.00 Å². The summed E-state index contributed by atoms with van der Waals surface area (Å²) in [4.78, 5) is 16.8. The molecule has 0 bridgehead atoms. The van der Waals surface area contributed by atoms with Crippen molar-refractivity contribution in [2.24, 2.45) is 0 Å². The normalized spacial score (nSPS) is 24.0. The van der Waals surface area contributed by atoms with Crippen LogP contribution < -0.4 is 0 Å². The van der Waals surface area contributed by atoms with E-state index in [0.717, 1.165) is 29.0 Å². The molecular weight excluding hydrogens is 320 g/mol. The minimum Gasteiger partial charge on any atom is -0.374 e. The van der Waals surface area contributed by atoms with Crippen LogP contribution in [0.2, 0.25) is 0 Å². The summed E-state index contributed by atoms with van der Waals surface area (Å²) in [6.45, 7) is 5.55. The zero-order chi connectivity index (χ0) is 16.7. The van der Waals surface area contributed by atoms with Crippen molar-refractivity contribution in [3.05, 3.63) is 40.5 Å². The maximum atomic E-state index is 13.5. The molecule has 0 N–H and O–H groups in total. The Morgan fingerprint density at radius 3 is 2.75 bits per heavy atom. The summed E-state index contributed by atoms with van der Waals surface area (Å²) in [5.74, 6) is 0.181. The molecule has 4 rings (SSSR count). The number of ether oxygens (including phenoxy) is 1. The predicted octanol–water partition coefficient (Wildman–Crippen LogP) is 3.94. The number of thiophene rings is 1. The van der Waals surface area contributed by atoms with Gasteiger partial charge in [0.1, 0.15) is 5.00 Å². The zero-order valence-corrected chi connectivity index (χ0v) is 15.1. The molecule has 1 saturated heterocycles. The fourth-order valence-electron chi connectivity index (χ4n) is 4.00. The Morgan fingerprint density at radius 2 is 1.96 bits per heavy atom. The maximum absolute atomic E-state index is 13.5. The molecule has 24 heavy (non-hydrogen) atoms. The standard InChI is InChI=1S/C19H24N2O2S/c1-13-14(2)24-19(20-9-5-6-10-20)17(13)18(22)21-11-12-23-16-8-4-3-7-15(16)21/h5-6,9-10,15-16H,3-4,7-8,11-12H2,1-2H3. The van der Waals surface area contributed by atoms with Crippen molar-refractivity contribution in [2.75, 3.05) is 13.2 Å². The van der Waals surface area contributed by atoms with Crippen molar-refractivity contribution >= 4 is 17.2 Å². The Kier molecular flexibility index (Phi) is 4.22. The lowest BCUT2D eigenvalue weighted by Crippen LogP contribution is -2.55. The number of hydrogen-bond acceptors (Lipinski definition) is 3. The number of fused-ring (bicyclic) bond motifs is 1. The smallest absolute Gasteiger partial charge is 0.257 e. The lowest BCUT2D eigenvalue weighted by Gasteiger charge is -2.43. The number of amides is 1. The average Bonchev–Trinajstić information content (AvgIpc) is 3.23. The van der Waals surface area contributed by atoms with Crippen molar-refractivity contribution < 1.29 is 9.53 Å². The van der Waals surface area contributed by atoms with E-state index in [0.29, 0.717) is 13.2 Å². The van der Waals surface area contributed by atoms with Gasteiger partial charge in [0, 0.05) is 23.8 Å². The Balaban J connectivity index is 1.72. The second kappa shape index (κ2) is 6.37. The number of aryl methyl sites for hydroxylation is 1. The number of nitrogens with zero attached hydrogens (tertiary/aromatic N) is 2. The SMILES string of the molecule is Cc1sc(-n2cccc2)c(C(=O)N2CCOC3CCCCC32)c1C. The minimum absolute atomic E-state index is 0.181. The molecule has 4 nitrogen and oxygen atoms in total. The van der Waals surface area contributed by atoms with E-state index in [1.165, 1.54) is 17.7 Å². The molecule has 2 aliphatic rings. The zero-order valence-electron chi connectivity index (χ0n) is 14.3. The van der Waals surface area contributed by atoms with Crippen LogP contribution in [0.5, 0.6) is 0 Å². The molecular formula is C19H24N2O2S. The highest BCUT2D eigenvalue weighted by molar-refractivity contribution is 7.15. The summed E-state index contributed by atoms with van der Waals surface area (Å²) in [5, 5.41) is 1.04. The van der Waals surface area contributed by atoms with Crippen molar-refractivity contribution in [2.45, 2.75) is 51.7 Å². The minimum atomic E-state index is 0.181. The summed E-state index contributed by atoms with van der Waals surface area (Å²) in [5.41, 5.74) is 1.99. The van der Waals surface area contributed by atoms with Crippen LogP contribution >= 0.6 is 11.3 Å². The number of aromatic nitrogens is 1. The fourth-order valence-corrected chi connectivity index (χ4v) is 5.12. The van der Waals surface area contributed by atoms with Crippen LogP contribution in [-0.4, -0.2) is 40.7 Å². The van der Waals surface area contributed by atoms with E-state index in [1.54, 1.807) is 11.3 Å². The first-order valence-electron chi connectivity index (χ1n) is 8.82. The van der Waals surface area contributed by atoms with Crippen LogP contribution in [0.3, 0.4) is 0 Å². The Morgan fingerprint density at radius 1 is 1.21 bits per heavy atom. The van der Waals surface area contributed by atoms with E-state index in [1.807, 2.05) is 24.5 Å². The van der Waals surface area contributed by atoms with Gasteiger partial charge in [-0.25, -0.2) is 0 Å². The third kappa shape index (κ3) is 2.60. The number of morpholine rings is 1.